The Bertz CT molecular complexity index is 920. The van der Waals surface area contributed by atoms with Crippen molar-refractivity contribution in [1.29, 1.82) is 0 Å². The average molecular weight is 512 g/mol. The summed E-state index contributed by atoms with van der Waals surface area (Å²) in [6, 6.07) is 10.4. The first-order valence-electron chi connectivity index (χ1n) is 10.3. The number of hydrogen-bond acceptors (Lipinski definition) is 3. The minimum absolute atomic E-state index is 0.149. The van der Waals surface area contributed by atoms with E-state index >= 15 is 0 Å². The van der Waals surface area contributed by atoms with Gasteiger partial charge in [-0.3, -0.25) is 9.59 Å². The fourth-order valence-electron chi connectivity index (χ4n) is 3.58. The molecule has 166 valence electrons. The Balaban J connectivity index is 1.72. The van der Waals surface area contributed by atoms with E-state index in [1.54, 1.807) is 37.3 Å². The van der Waals surface area contributed by atoms with Crippen molar-refractivity contribution in [3.63, 3.8) is 0 Å². The maximum absolute atomic E-state index is 13.3. The highest BCUT2D eigenvalue weighted by Gasteiger charge is 2.28. The minimum Gasteiger partial charge on any atom is -0.482 e. The number of hydrogen-bond donors (Lipinski definition) is 1. The van der Waals surface area contributed by atoms with Crippen LogP contribution in [0.4, 0.5) is 4.39 Å². The number of halogens is 3. The van der Waals surface area contributed by atoms with Gasteiger partial charge in [-0.2, -0.15) is 0 Å². The molecule has 0 aromatic heterocycles. The molecule has 31 heavy (non-hydrogen) atoms. The van der Waals surface area contributed by atoms with E-state index in [0.717, 1.165) is 35.7 Å². The molecule has 2 aromatic carbocycles. The van der Waals surface area contributed by atoms with Gasteiger partial charge in [0.25, 0.3) is 5.91 Å². The van der Waals surface area contributed by atoms with Gasteiger partial charge in [-0.15, -0.1) is 0 Å². The molecule has 1 aliphatic carbocycles. The average Bonchev–Trinajstić information content (AvgIpc) is 3.25. The number of rotatable bonds is 8. The molecule has 0 bridgehead atoms. The monoisotopic (exact) mass is 510 g/mol. The van der Waals surface area contributed by atoms with E-state index in [1.807, 2.05) is 0 Å². The number of benzene rings is 2. The number of ether oxygens (including phenoxy) is 1. The number of nitrogens with one attached hydrogen (secondary N) is 1. The van der Waals surface area contributed by atoms with Crippen molar-refractivity contribution in [3.05, 3.63) is 63.3 Å². The number of amides is 2. The van der Waals surface area contributed by atoms with Gasteiger partial charge in [0.2, 0.25) is 5.91 Å². The van der Waals surface area contributed by atoms with E-state index in [9.17, 15) is 14.0 Å². The van der Waals surface area contributed by atoms with Crippen molar-refractivity contribution in [2.75, 3.05) is 6.61 Å². The van der Waals surface area contributed by atoms with E-state index in [2.05, 4.69) is 21.2 Å². The van der Waals surface area contributed by atoms with E-state index < -0.39 is 6.04 Å². The summed E-state index contributed by atoms with van der Waals surface area (Å²) in [4.78, 5) is 27.3. The Hall–Kier alpha value is -2.12. The molecule has 1 N–H and O–H groups in total. The Kier molecular flexibility index (Phi) is 8.32. The van der Waals surface area contributed by atoms with Crippen LogP contribution < -0.4 is 10.1 Å². The molecule has 5 nitrogen and oxygen atoms in total. The van der Waals surface area contributed by atoms with Crippen LogP contribution in [-0.4, -0.2) is 35.4 Å². The molecule has 0 unspecified atom stereocenters. The number of carbonyl (C=O) groups is 2. The lowest BCUT2D eigenvalue weighted by molar-refractivity contribution is -0.142. The summed E-state index contributed by atoms with van der Waals surface area (Å²) in [6.07, 6.45) is 4.10. The highest BCUT2D eigenvalue weighted by atomic mass is 79.9. The zero-order valence-corrected chi connectivity index (χ0v) is 19.6. The lowest BCUT2D eigenvalue weighted by Gasteiger charge is -2.29. The Labute approximate surface area is 195 Å². The molecule has 2 amide bonds. The zero-order valence-electron chi connectivity index (χ0n) is 17.2. The summed E-state index contributed by atoms with van der Waals surface area (Å²) in [7, 11) is 0. The molecule has 0 spiro atoms. The number of nitrogens with zero attached hydrogens (tertiary/aromatic N) is 1. The maximum Gasteiger partial charge on any atom is 0.261 e. The largest absolute Gasteiger partial charge is 0.482 e. The lowest BCUT2D eigenvalue weighted by atomic mass is 10.1. The van der Waals surface area contributed by atoms with Crippen LogP contribution in [0.1, 0.15) is 38.2 Å². The third kappa shape index (κ3) is 6.68. The molecule has 0 aliphatic heterocycles. The highest BCUT2D eigenvalue weighted by molar-refractivity contribution is 9.10. The smallest absolute Gasteiger partial charge is 0.261 e. The zero-order chi connectivity index (χ0) is 22.4. The van der Waals surface area contributed by atoms with Crippen LogP contribution in [0.25, 0.3) is 0 Å². The first-order chi connectivity index (χ1) is 14.8. The second kappa shape index (κ2) is 11.0. The molecule has 2 aromatic rings. The summed E-state index contributed by atoms with van der Waals surface area (Å²) >= 11 is 9.49. The van der Waals surface area contributed by atoms with Gasteiger partial charge in [-0.1, -0.05) is 52.5 Å². The van der Waals surface area contributed by atoms with Crippen molar-refractivity contribution in [3.8, 4) is 5.75 Å². The van der Waals surface area contributed by atoms with E-state index in [4.69, 9.17) is 16.3 Å². The van der Waals surface area contributed by atoms with Crippen LogP contribution in [0.15, 0.2) is 46.9 Å². The highest BCUT2D eigenvalue weighted by Crippen LogP contribution is 2.28. The second-order valence-corrected chi connectivity index (χ2v) is 9.00. The Morgan fingerprint density at radius 2 is 1.90 bits per heavy atom. The van der Waals surface area contributed by atoms with Crippen LogP contribution >= 0.6 is 27.5 Å². The van der Waals surface area contributed by atoms with Crippen molar-refractivity contribution in [1.82, 2.24) is 10.2 Å². The van der Waals surface area contributed by atoms with Gasteiger partial charge >= 0.3 is 0 Å². The molecule has 3 rings (SSSR count). The third-order valence-electron chi connectivity index (χ3n) is 5.38. The Morgan fingerprint density at radius 1 is 1.23 bits per heavy atom. The molecule has 0 saturated heterocycles. The van der Waals surface area contributed by atoms with Gasteiger partial charge in [0.15, 0.2) is 6.61 Å². The summed E-state index contributed by atoms with van der Waals surface area (Å²) in [5, 5.41) is 3.41. The molecule has 0 radical (unpaired) electrons. The molecular weight excluding hydrogens is 487 g/mol. The van der Waals surface area contributed by atoms with Crippen LogP contribution in [0, 0.1) is 5.82 Å². The predicted molar refractivity (Wildman–Crippen MR) is 121 cm³/mol. The Morgan fingerprint density at radius 3 is 2.55 bits per heavy atom. The van der Waals surface area contributed by atoms with Crippen LogP contribution in [-0.2, 0) is 16.1 Å². The SMILES string of the molecule is C[C@@H](C(=O)NC1CCCC1)N(Cc1ccc(F)cc1)C(=O)COc1ccc(Br)cc1Cl. The normalized spacial score (nSPS) is 14.8. The quantitative estimate of drug-likeness (QED) is 0.537. The van der Waals surface area contributed by atoms with Gasteiger partial charge in [0.05, 0.1) is 5.02 Å². The summed E-state index contributed by atoms with van der Waals surface area (Å²) in [5.74, 6) is -0.550. The van der Waals surface area contributed by atoms with Crippen LogP contribution in [0.2, 0.25) is 5.02 Å². The van der Waals surface area contributed by atoms with E-state index in [-0.39, 0.29) is 36.8 Å². The van der Waals surface area contributed by atoms with Gasteiger partial charge in [-0.25, -0.2) is 4.39 Å². The molecule has 1 aliphatic rings. The maximum atomic E-state index is 13.3. The van der Waals surface area contributed by atoms with Crippen molar-refractivity contribution < 1.29 is 18.7 Å². The topological polar surface area (TPSA) is 58.6 Å². The van der Waals surface area contributed by atoms with E-state index in [1.165, 1.54) is 17.0 Å². The first kappa shape index (κ1) is 23.5. The van der Waals surface area contributed by atoms with Gasteiger partial charge in [0, 0.05) is 17.1 Å². The molecule has 1 fully saturated rings. The third-order valence-corrected chi connectivity index (χ3v) is 6.17. The molecule has 0 heterocycles. The van der Waals surface area contributed by atoms with Gasteiger partial charge < -0.3 is 15.0 Å². The van der Waals surface area contributed by atoms with Crippen LogP contribution in [0.3, 0.4) is 0 Å². The second-order valence-electron chi connectivity index (χ2n) is 7.68. The van der Waals surface area contributed by atoms with Crippen LogP contribution in [0.5, 0.6) is 5.75 Å². The summed E-state index contributed by atoms with van der Waals surface area (Å²) in [6.45, 7) is 1.58. The standard InChI is InChI=1S/C23H25BrClFN2O3/c1-15(23(30)27-19-4-2-3-5-19)28(13-16-6-9-18(26)10-7-16)22(29)14-31-21-11-8-17(24)12-20(21)25/h6-12,15,19H,2-5,13-14H2,1H3,(H,27,30)/t15-/m0/s1. The lowest BCUT2D eigenvalue weighted by Crippen LogP contribution is -2.50. The molecule has 8 heteroatoms. The molecular formula is C23H25BrClFN2O3. The fourth-order valence-corrected chi connectivity index (χ4v) is 4.30. The molecule has 1 atom stereocenters. The van der Waals surface area contributed by atoms with Crippen molar-refractivity contribution in [2.24, 2.45) is 0 Å². The van der Waals surface area contributed by atoms with Gasteiger partial charge in [-0.05, 0) is 55.7 Å². The number of carbonyl (C=O) groups excluding carboxylic acids is 2. The van der Waals surface area contributed by atoms with Crippen molar-refractivity contribution >= 4 is 39.3 Å². The summed E-state index contributed by atoms with van der Waals surface area (Å²) < 4.78 is 19.7. The first-order valence-corrected chi connectivity index (χ1v) is 11.4. The molecule has 1 saturated carbocycles. The van der Waals surface area contributed by atoms with Gasteiger partial charge in [0.1, 0.15) is 17.6 Å². The minimum atomic E-state index is -0.706. The van der Waals surface area contributed by atoms with Crippen molar-refractivity contribution in [2.45, 2.75) is 51.2 Å². The van der Waals surface area contributed by atoms with E-state index in [0.29, 0.717) is 10.8 Å². The summed E-state index contributed by atoms with van der Waals surface area (Å²) in [5.41, 5.74) is 0.719. The fraction of sp³-hybridized carbons (Fsp3) is 0.391. The predicted octanol–water partition coefficient (Wildman–Crippen LogP) is 5.10.